The van der Waals surface area contributed by atoms with Crippen LogP contribution in [0.3, 0.4) is 0 Å². The first-order chi connectivity index (χ1) is 11.3. The molecule has 0 radical (unpaired) electrons. The molecule has 23 heavy (non-hydrogen) atoms. The van der Waals surface area contributed by atoms with Crippen molar-refractivity contribution in [3.63, 3.8) is 0 Å². The summed E-state index contributed by atoms with van der Waals surface area (Å²) < 4.78 is 10.9. The van der Waals surface area contributed by atoms with Gasteiger partial charge >= 0.3 is 0 Å². The minimum atomic E-state index is 0.192. The molecule has 1 aromatic carbocycles. The van der Waals surface area contributed by atoms with E-state index in [1.807, 2.05) is 12.1 Å². The Balaban J connectivity index is 1.90. The molecule has 2 aliphatic rings. The van der Waals surface area contributed by atoms with Crippen molar-refractivity contribution >= 4 is 16.7 Å². The van der Waals surface area contributed by atoms with Gasteiger partial charge in [-0.2, -0.15) is 0 Å². The normalized spacial score (nSPS) is 23.8. The summed E-state index contributed by atoms with van der Waals surface area (Å²) in [6.45, 7) is 3.14. The summed E-state index contributed by atoms with van der Waals surface area (Å²) in [5, 5.41) is 4.51. The number of aromatic nitrogens is 2. The number of anilines is 1. The third-order valence-corrected chi connectivity index (χ3v) is 5.19. The second kappa shape index (κ2) is 5.53. The minimum Gasteiger partial charge on any atom is -0.497 e. The Morgan fingerprint density at radius 3 is 2.83 bits per heavy atom. The van der Waals surface area contributed by atoms with Gasteiger partial charge < -0.3 is 19.7 Å². The predicted octanol–water partition coefficient (Wildman–Crippen LogP) is 1.98. The monoisotopic (exact) mass is 314 g/mol. The largest absolute Gasteiger partial charge is 0.497 e. The van der Waals surface area contributed by atoms with Crippen molar-refractivity contribution in [1.29, 1.82) is 0 Å². The summed E-state index contributed by atoms with van der Waals surface area (Å²) in [6, 6.07) is 3.89. The summed E-state index contributed by atoms with van der Waals surface area (Å²) in [5.41, 5.74) is 1.03. The number of ether oxygens (including phenoxy) is 2. The number of rotatable bonds is 3. The van der Waals surface area contributed by atoms with Crippen LogP contribution in [0.15, 0.2) is 18.5 Å². The average molecular weight is 314 g/mol. The Labute approximate surface area is 135 Å². The Kier molecular flexibility index (Phi) is 3.49. The first-order valence-corrected chi connectivity index (χ1v) is 8.12. The molecule has 1 aromatic heterocycles. The molecule has 0 amide bonds. The maximum atomic E-state index is 5.50. The number of methoxy groups -OCH3 is 2. The van der Waals surface area contributed by atoms with Crippen LogP contribution in [0, 0.1) is 0 Å². The van der Waals surface area contributed by atoms with Gasteiger partial charge in [0, 0.05) is 19.2 Å². The third kappa shape index (κ3) is 2.20. The molecule has 0 saturated carbocycles. The first kappa shape index (κ1) is 14.5. The highest BCUT2D eigenvalue weighted by atomic mass is 16.5. The number of nitrogens with one attached hydrogen (secondary N) is 1. The predicted molar refractivity (Wildman–Crippen MR) is 89.4 cm³/mol. The van der Waals surface area contributed by atoms with Gasteiger partial charge in [-0.1, -0.05) is 0 Å². The summed E-state index contributed by atoms with van der Waals surface area (Å²) in [4.78, 5) is 11.5. The molecule has 1 unspecified atom stereocenters. The third-order valence-electron chi connectivity index (χ3n) is 5.19. The molecule has 1 spiro atoms. The SMILES string of the molecule is COc1cc(OC)c2ncnc(N3CCCC34CCNC4)c2c1. The number of fused-ring (bicyclic) bond motifs is 1. The Bertz CT molecular complexity index is 722. The first-order valence-electron chi connectivity index (χ1n) is 8.12. The van der Waals surface area contributed by atoms with Crippen LogP contribution in [0.5, 0.6) is 11.5 Å². The van der Waals surface area contributed by atoms with Crippen molar-refractivity contribution in [3.05, 3.63) is 18.5 Å². The number of hydrogen-bond acceptors (Lipinski definition) is 6. The molecule has 6 heteroatoms. The molecule has 2 fully saturated rings. The van der Waals surface area contributed by atoms with Gasteiger partial charge in [0.2, 0.25) is 0 Å². The second-order valence-corrected chi connectivity index (χ2v) is 6.33. The summed E-state index contributed by atoms with van der Waals surface area (Å²) in [7, 11) is 3.33. The molecular formula is C17H22N4O2. The molecule has 4 rings (SSSR count). The Morgan fingerprint density at radius 2 is 2.09 bits per heavy atom. The molecule has 2 aliphatic heterocycles. The van der Waals surface area contributed by atoms with E-state index in [-0.39, 0.29) is 5.54 Å². The van der Waals surface area contributed by atoms with Gasteiger partial charge in [-0.15, -0.1) is 0 Å². The maximum Gasteiger partial charge on any atom is 0.148 e. The molecule has 1 atom stereocenters. The lowest BCUT2D eigenvalue weighted by Crippen LogP contribution is -2.46. The van der Waals surface area contributed by atoms with Gasteiger partial charge in [0.05, 0.1) is 25.1 Å². The van der Waals surface area contributed by atoms with Crippen LogP contribution in [0.4, 0.5) is 5.82 Å². The molecule has 6 nitrogen and oxygen atoms in total. The highest BCUT2D eigenvalue weighted by molar-refractivity contribution is 5.95. The molecule has 1 N–H and O–H groups in total. The molecular weight excluding hydrogens is 292 g/mol. The maximum absolute atomic E-state index is 5.50. The van der Waals surface area contributed by atoms with E-state index in [0.717, 1.165) is 47.9 Å². The topological polar surface area (TPSA) is 59.5 Å². The quantitative estimate of drug-likeness (QED) is 0.935. The van der Waals surface area contributed by atoms with E-state index in [1.165, 1.54) is 19.3 Å². The highest BCUT2D eigenvalue weighted by Gasteiger charge is 2.44. The Hall–Kier alpha value is -2.08. The van der Waals surface area contributed by atoms with Crippen LogP contribution in [-0.2, 0) is 0 Å². The lowest BCUT2D eigenvalue weighted by Gasteiger charge is -2.36. The van der Waals surface area contributed by atoms with Crippen molar-refractivity contribution in [2.24, 2.45) is 0 Å². The van der Waals surface area contributed by atoms with Crippen molar-refractivity contribution in [2.45, 2.75) is 24.8 Å². The molecule has 0 bridgehead atoms. The van der Waals surface area contributed by atoms with Crippen LogP contribution in [0.1, 0.15) is 19.3 Å². The number of nitrogens with zero attached hydrogens (tertiary/aromatic N) is 3. The van der Waals surface area contributed by atoms with Crippen LogP contribution in [0.25, 0.3) is 10.9 Å². The van der Waals surface area contributed by atoms with Crippen LogP contribution in [-0.4, -0.2) is 49.4 Å². The lowest BCUT2D eigenvalue weighted by molar-refractivity contribution is 0.397. The van der Waals surface area contributed by atoms with E-state index in [4.69, 9.17) is 9.47 Å². The van der Waals surface area contributed by atoms with E-state index < -0.39 is 0 Å². The van der Waals surface area contributed by atoms with Crippen LogP contribution < -0.4 is 19.7 Å². The van der Waals surface area contributed by atoms with E-state index in [9.17, 15) is 0 Å². The molecule has 2 aromatic rings. The molecule has 0 aliphatic carbocycles. The van der Waals surface area contributed by atoms with Gasteiger partial charge in [-0.25, -0.2) is 9.97 Å². The van der Waals surface area contributed by atoms with Gasteiger partial charge in [-0.05, 0) is 31.9 Å². The average Bonchev–Trinajstić information content (AvgIpc) is 3.23. The number of hydrogen-bond donors (Lipinski definition) is 1. The summed E-state index contributed by atoms with van der Waals surface area (Å²) in [5.74, 6) is 2.48. The zero-order valence-electron chi connectivity index (χ0n) is 13.6. The van der Waals surface area contributed by atoms with Crippen molar-refractivity contribution < 1.29 is 9.47 Å². The highest BCUT2D eigenvalue weighted by Crippen LogP contribution is 2.41. The molecule has 2 saturated heterocycles. The summed E-state index contributed by atoms with van der Waals surface area (Å²) >= 11 is 0. The number of benzene rings is 1. The fourth-order valence-corrected chi connectivity index (χ4v) is 4.03. The molecule has 3 heterocycles. The minimum absolute atomic E-state index is 0.192. The van der Waals surface area contributed by atoms with E-state index in [2.05, 4.69) is 20.2 Å². The van der Waals surface area contributed by atoms with Gasteiger partial charge in [-0.3, -0.25) is 0 Å². The second-order valence-electron chi connectivity index (χ2n) is 6.33. The van der Waals surface area contributed by atoms with Crippen molar-refractivity contribution in [3.8, 4) is 11.5 Å². The van der Waals surface area contributed by atoms with Crippen LogP contribution >= 0.6 is 0 Å². The fourth-order valence-electron chi connectivity index (χ4n) is 4.03. The van der Waals surface area contributed by atoms with Crippen LogP contribution in [0.2, 0.25) is 0 Å². The van der Waals surface area contributed by atoms with E-state index >= 15 is 0 Å². The standard InChI is InChI=1S/C17H22N4O2/c1-22-12-8-13-15(14(9-12)23-2)19-11-20-16(13)21-7-3-4-17(21)5-6-18-10-17/h8-9,11,18H,3-7,10H2,1-2H3. The Morgan fingerprint density at radius 1 is 1.17 bits per heavy atom. The van der Waals surface area contributed by atoms with Gasteiger partial charge in [0.1, 0.15) is 29.2 Å². The van der Waals surface area contributed by atoms with Crippen molar-refractivity contribution in [2.75, 3.05) is 38.8 Å². The molecule has 122 valence electrons. The fraction of sp³-hybridized carbons (Fsp3) is 0.529. The van der Waals surface area contributed by atoms with E-state index in [0.29, 0.717) is 0 Å². The smallest absolute Gasteiger partial charge is 0.148 e. The summed E-state index contributed by atoms with van der Waals surface area (Å²) in [6.07, 6.45) is 5.22. The van der Waals surface area contributed by atoms with Gasteiger partial charge in [0.25, 0.3) is 0 Å². The zero-order valence-corrected chi connectivity index (χ0v) is 13.6. The zero-order chi connectivity index (χ0) is 15.9. The lowest BCUT2D eigenvalue weighted by atomic mass is 9.95. The van der Waals surface area contributed by atoms with E-state index in [1.54, 1.807) is 20.5 Å². The van der Waals surface area contributed by atoms with Gasteiger partial charge in [0.15, 0.2) is 0 Å². The van der Waals surface area contributed by atoms with Crippen molar-refractivity contribution in [1.82, 2.24) is 15.3 Å².